The van der Waals surface area contributed by atoms with Crippen LogP contribution < -0.4 is 5.73 Å². The van der Waals surface area contributed by atoms with Crippen LogP contribution in [0.15, 0.2) is 65.1 Å². The summed E-state index contributed by atoms with van der Waals surface area (Å²) < 4.78 is 22.2. The Morgan fingerprint density at radius 1 is 1.24 bits per heavy atom. The maximum atomic E-state index is 16.0. The van der Waals surface area contributed by atoms with Gasteiger partial charge in [-0.05, 0) is 85.3 Å². The second kappa shape index (κ2) is 12.1. The van der Waals surface area contributed by atoms with E-state index in [1.807, 2.05) is 38.1 Å². The lowest BCUT2D eigenvalue weighted by molar-refractivity contribution is -0.168. The number of aliphatic hydroxyl groups excluding tert-OH is 3. The number of carbonyl (C=O) groups excluding carboxylic acids is 2. The summed E-state index contributed by atoms with van der Waals surface area (Å²) in [5.41, 5.74) is 8.05. The first kappa shape index (κ1) is 32.1. The molecule has 2 aromatic carbocycles. The molecule has 240 valence electrons. The zero-order chi connectivity index (χ0) is 32.3. The first-order chi connectivity index (χ1) is 21.4. The molecule has 9 heteroatoms. The molecular formula is C36H42FNO6S. The minimum Gasteiger partial charge on any atom is -0.399 e. The van der Waals surface area contributed by atoms with Gasteiger partial charge in [-0.3, -0.25) is 9.59 Å². The number of rotatable bonds is 8. The summed E-state index contributed by atoms with van der Waals surface area (Å²) in [7, 11) is 0. The van der Waals surface area contributed by atoms with Crippen LogP contribution in [-0.2, 0) is 20.1 Å². The largest absolute Gasteiger partial charge is 0.399 e. The summed E-state index contributed by atoms with van der Waals surface area (Å²) in [6, 6.07) is 10.7. The molecule has 9 atom stereocenters. The van der Waals surface area contributed by atoms with Gasteiger partial charge in [0.1, 0.15) is 12.4 Å². The van der Waals surface area contributed by atoms with Gasteiger partial charge in [0.25, 0.3) is 0 Å². The van der Waals surface area contributed by atoms with Gasteiger partial charge >= 0.3 is 0 Å². The number of fused-ring (bicyclic) bond motifs is 5. The van der Waals surface area contributed by atoms with E-state index in [2.05, 4.69) is 6.92 Å². The number of nitrogens with two attached hydrogens (primary N) is 1. The third-order valence-corrected chi connectivity index (χ3v) is 12.5. The van der Waals surface area contributed by atoms with Gasteiger partial charge in [-0.25, -0.2) is 4.39 Å². The molecule has 2 aromatic rings. The predicted octanol–water partition coefficient (Wildman–Crippen LogP) is 5.45. The Bertz CT molecular complexity index is 1570. The molecule has 0 saturated heterocycles. The van der Waals surface area contributed by atoms with Crippen molar-refractivity contribution in [3.63, 3.8) is 0 Å². The van der Waals surface area contributed by atoms with E-state index in [1.54, 1.807) is 24.3 Å². The minimum absolute atomic E-state index is 0.0132. The molecule has 0 heterocycles. The quantitative estimate of drug-likeness (QED) is 0.171. The molecular weight excluding hydrogens is 593 g/mol. The Morgan fingerprint density at radius 3 is 2.76 bits per heavy atom. The molecule has 3 saturated carbocycles. The topological polar surface area (TPSA) is 130 Å². The number of benzene rings is 2. The highest BCUT2D eigenvalue weighted by molar-refractivity contribution is 7.98. The van der Waals surface area contributed by atoms with Gasteiger partial charge in [0.15, 0.2) is 17.9 Å². The van der Waals surface area contributed by atoms with Crippen molar-refractivity contribution < 1.29 is 34.0 Å². The fraction of sp³-hybridized carbons (Fsp3) is 0.500. The lowest BCUT2D eigenvalue weighted by Gasteiger charge is -2.58. The van der Waals surface area contributed by atoms with Crippen molar-refractivity contribution in [3.8, 4) is 0 Å². The van der Waals surface area contributed by atoms with Crippen LogP contribution >= 0.6 is 11.8 Å². The summed E-state index contributed by atoms with van der Waals surface area (Å²) in [5.74, 6) is -1.47. The number of allylic oxidation sites excluding steroid dienone is 4. The molecule has 4 aliphatic rings. The van der Waals surface area contributed by atoms with E-state index >= 15 is 4.39 Å². The van der Waals surface area contributed by atoms with E-state index in [0.717, 1.165) is 23.1 Å². The fourth-order valence-corrected chi connectivity index (χ4v) is 10.3. The third-order valence-electron chi connectivity index (χ3n) is 11.2. The molecule has 0 radical (unpaired) electrons. The van der Waals surface area contributed by atoms with E-state index in [1.165, 1.54) is 17.8 Å². The van der Waals surface area contributed by atoms with Gasteiger partial charge in [0, 0.05) is 33.2 Å². The molecule has 0 bridgehead atoms. The van der Waals surface area contributed by atoms with Gasteiger partial charge < -0.3 is 25.8 Å². The van der Waals surface area contributed by atoms with Crippen molar-refractivity contribution in [3.05, 3.63) is 82.7 Å². The molecule has 3 fully saturated rings. The molecule has 7 nitrogen and oxygen atoms in total. The van der Waals surface area contributed by atoms with Crippen LogP contribution in [0.5, 0.6) is 0 Å². The second-order valence-electron chi connectivity index (χ2n) is 13.8. The van der Waals surface area contributed by atoms with Crippen LogP contribution in [0.1, 0.15) is 62.5 Å². The lowest BCUT2D eigenvalue weighted by Crippen LogP contribution is -2.56. The third kappa shape index (κ3) is 5.50. The van der Waals surface area contributed by atoms with Crippen LogP contribution in [0, 0.1) is 47.2 Å². The van der Waals surface area contributed by atoms with E-state index in [4.69, 9.17) is 10.5 Å². The molecule has 4 aliphatic carbocycles. The van der Waals surface area contributed by atoms with Crippen LogP contribution in [0.4, 0.5) is 10.1 Å². The number of halogens is 1. The second-order valence-corrected chi connectivity index (χ2v) is 14.8. The van der Waals surface area contributed by atoms with Crippen LogP contribution in [0.3, 0.4) is 0 Å². The highest BCUT2D eigenvalue weighted by atomic mass is 32.2. The molecule has 2 unspecified atom stereocenters. The Kier molecular flexibility index (Phi) is 8.63. The Morgan fingerprint density at radius 2 is 2.02 bits per heavy atom. The predicted molar refractivity (Wildman–Crippen MR) is 170 cm³/mol. The first-order valence-electron chi connectivity index (χ1n) is 15.7. The maximum Gasteiger partial charge on any atom is 0.184 e. The van der Waals surface area contributed by atoms with Crippen LogP contribution in [-0.4, -0.2) is 45.7 Å². The number of thioether (sulfide) groups is 1. The monoisotopic (exact) mass is 635 g/mol. The van der Waals surface area contributed by atoms with Gasteiger partial charge in [0.05, 0.1) is 18.1 Å². The van der Waals surface area contributed by atoms with Gasteiger partial charge in [-0.2, -0.15) is 0 Å². The number of hydrogen-bond donors (Lipinski definition) is 4. The van der Waals surface area contributed by atoms with Crippen LogP contribution in [0.25, 0.3) is 0 Å². The zero-order valence-corrected chi connectivity index (χ0v) is 26.7. The molecule has 0 amide bonds. The molecule has 0 spiro atoms. The first-order valence-corrected chi connectivity index (χ1v) is 16.7. The van der Waals surface area contributed by atoms with E-state index in [-0.39, 0.29) is 29.1 Å². The number of hydrogen-bond acceptors (Lipinski definition) is 8. The Balaban J connectivity index is 1.27. The lowest BCUT2D eigenvalue weighted by atomic mass is 9.46. The normalized spacial score (nSPS) is 34.5. The number of aryl methyl sites for hydroxylation is 1. The maximum absolute atomic E-state index is 16.0. The number of Topliss-reactive ketones (excluding diaryl/α,β-unsaturated/α-hetero) is 1. The summed E-state index contributed by atoms with van der Waals surface area (Å²) in [5, 5.41) is 33.0. The van der Waals surface area contributed by atoms with Crippen molar-refractivity contribution in [2.75, 3.05) is 12.3 Å². The summed E-state index contributed by atoms with van der Waals surface area (Å²) in [6.45, 7) is 5.18. The summed E-state index contributed by atoms with van der Waals surface area (Å²) >= 11 is 1.31. The van der Waals surface area contributed by atoms with Gasteiger partial charge in [-0.15, -0.1) is 11.8 Å². The number of aliphatic hydroxyl groups is 3. The molecule has 0 aliphatic heterocycles. The Labute approximate surface area is 267 Å². The van der Waals surface area contributed by atoms with Crippen LogP contribution in [0.2, 0.25) is 0 Å². The average Bonchev–Trinajstić information content (AvgIpc) is 3.27. The average molecular weight is 636 g/mol. The molecule has 45 heavy (non-hydrogen) atoms. The number of carbonyl (C=O) groups is 2. The van der Waals surface area contributed by atoms with Gasteiger partial charge in [0.2, 0.25) is 0 Å². The number of ether oxygens (including phenoxy) is 1. The molecule has 5 N–H and O–H groups in total. The fourth-order valence-electron chi connectivity index (χ4n) is 9.24. The highest BCUT2D eigenvalue weighted by Crippen LogP contribution is 2.66. The number of ketones is 2. The van der Waals surface area contributed by atoms with Crippen molar-refractivity contribution in [2.24, 2.45) is 34.5 Å². The minimum atomic E-state index is -1.63. The van der Waals surface area contributed by atoms with Crippen molar-refractivity contribution in [2.45, 2.75) is 75.6 Å². The highest BCUT2D eigenvalue weighted by Gasteiger charge is 2.65. The molecule has 6 rings (SSSR count). The standard InChI is InChI=1S/C36H42FNO6S/c1-19-7-9-25(32(37)33(19)45-18-20-5-4-6-22(38)13-20)34(43)44-29-15-26-24-10-8-21-14-23(40)11-12-35(21,2)30(24)27(41)16-36(26,3)31(29)28(42)17-39/h4-7,9,11-14,24,26-27,29-31,34,39,41,43H,8,10,15-18,38H2,1-3H3/t24-,26?,27-,29+,30?,31-,34+,35-,36-/m0/s1. The molecule has 0 aromatic heterocycles. The SMILES string of the molecule is Cc1ccc([C@H](O)O[C@@H]2CC3[C@@H]4CCC5=CC(=O)C=C[C@]5(C)C4[C@@H](O)C[C@]3(C)[C@H]2C(=O)CO)c(F)c1SCc1cccc(N)c1. The van der Waals surface area contributed by atoms with Crippen molar-refractivity contribution >= 4 is 29.0 Å². The smallest absolute Gasteiger partial charge is 0.184 e. The van der Waals surface area contributed by atoms with E-state index in [0.29, 0.717) is 35.6 Å². The van der Waals surface area contributed by atoms with Crippen molar-refractivity contribution in [1.29, 1.82) is 0 Å². The number of anilines is 1. The van der Waals surface area contributed by atoms with Gasteiger partial charge in [-0.1, -0.05) is 49.8 Å². The van der Waals surface area contributed by atoms with E-state index in [9.17, 15) is 24.9 Å². The summed E-state index contributed by atoms with van der Waals surface area (Å²) in [6.07, 6.45) is 4.27. The Hall–Kier alpha value is -2.82. The zero-order valence-electron chi connectivity index (χ0n) is 25.9. The summed E-state index contributed by atoms with van der Waals surface area (Å²) in [4.78, 5) is 25.9. The van der Waals surface area contributed by atoms with Crippen molar-refractivity contribution in [1.82, 2.24) is 0 Å². The van der Waals surface area contributed by atoms with E-state index < -0.39 is 53.5 Å². The number of nitrogen functional groups attached to an aromatic ring is 1.